The Labute approximate surface area is 159 Å². The van der Waals surface area contributed by atoms with Gasteiger partial charge in [0.2, 0.25) is 10.0 Å². The molecule has 0 fully saturated rings. The first-order valence-corrected chi connectivity index (χ1v) is 10.2. The van der Waals surface area contributed by atoms with Gasteiger partial charge in [0.15, 0.2) is 5.75 Å². The summed E-state index contributed by atoms with van der Waals surface area (Å²) in [6, 6.07) is 12.1. The standard InChI is InChI=1S/C18H23N3O3S2/c1-2-3-9-21-15-10-13(16(25)12-19)11-17(26(20,22)23)18(15)24-14-7-5-4-6-8-14/h4-8,10-11,21H,2-3,9,12,19H2,1H3,(H2,20,22,23). The first-order valence-electron chi connectivity index (χ1n) is 8.27. The molecule has 0 aliphatic heterocycles. The van der Waals surface area contributed by atoms with Crippen molar-refractivity contribution in [3.63, 3.8) is 0 Å². The minimum absolute atomic E-state index is 0.131. The van der Waals surface area contributed by atoms with E-state index in [4.69, 9.17) is 27.8 Å². The van der Waals surface area contributed by atoms with Crippen molar-refractivity contribution in [3.8, 4) is 11.5 Å². The number of nitrogens with two attached hydrogens (primary N) is 2. The van der Waals surface area contributed by atoms with Crippen molar-refractivity contribution >= 4 is 32.8 Å². The maximum atomic E-state index is 12.2. The van der Waals surface area contributed by atoms with Crippen LogP contribution in [0.4, 0.5) is 5.69 Å². The second kappa shape index (κ2) is 9.09. The van der Waals surface area contributed by atoms with Crippen LogP contribution in [-0.2, 0) is 10.0 Å². The number of rotatable bonds is 9. The number of para-hydroxylation sites is 1. The average Bonchev–Trinajstić information content (AvgIpc) is 2.62. The zero-order valence-corrected chi connectivity index (χ0v) is 16.2. The van der Waals surface area contributed by atoms with E-state index in [1.165, 1.54) is 6.07 Å². The molecule has 0 aromatic heterocycles. The van der Waals surface area contributed by atoms with Crippen molar-refractivity contribution in [3.05, 3.63) is 48.0 Å². The summed E-state index contributed by atoms with van der Waals surface area (Å²) >= 11 is 5.24. The van der Waals surface area contributed by atoms with E-state index in [1.807, 2.05) is 6.07 Å². The van der Waals surface area contributed by atoms with E-state index in [0.717, 1.165) is 12.8 Å². The molecule has 2 aromatic rings. The predicted molar refractivity (Wildman–Crippen MR) is 108 cm³/mol. The molecule has 2 aromatic carbocycles. The van der Waals surface area contributed by atoms with Gasteiger partial charge in [-0.3, -0.25) is 0 Å². The summed E-state index contributed by atoms with van der Waals surface area (Å²) in [5.74, 6) is 0.656. The Bertz CT molecular complexity index is 869. The molecule has 0 bridgehead atoms. The van der Waals surface area contributed by atoms with Crippen LogP contribution in [0.25, 0.3) is 0 Å². The molecule has 0 aliphatic rings. The molecule has 0 saturated carbocycles. The van der Waals surface area contributed by atoms with Crippen LogP contribution in [-0.4, -0.2) is 26.4 Å². The van der Waals surface area contributed by atoms with Gasteiger partial charge in [-0.15, -0.1) is 0 Å². The lowest BCUT2D eigenvalue weighted by Crippen LogP contribution is -2.18. The normalized spacial score (nSPS) is 11.2. The molecule has 140 valence electrons. The van der Waals surface area contributed by atoms with Gasteiger partial charge >= 0.3 is 0 Å². The van der Waals surface area contributed by atoms with Gasteiger partial charge in [0.1, 0.15) is 10.6 Å². The summed E-state index contributed by atoms with van der Waals surface area (Å²) in [5, 5.41) is 8.66. The van der Waals surface area contributed by atoms with Gasteiger partial charge in [-0.1, -0.05) is 43.8 Å². The number of hydrogen-bond donors (Lipinski definition) is 3. The largest absolute Gasteiger partial charge is 0.454 e. The van der Waals surface area contributed by atoms with Gasteiger partial charge in [-0.2, -0.15) is 0 Å². The van der Waals surface area contributed by atoms with Crippen molar-refractivity contribution in [2.45, 2.75) is 24.7 Å². The highest BCUT2D eigenvalue weighted by Crippen LogP contribution is 2.37. The average molecular weight is 394 g/mol. The zero-order chi connectivity index (χ0) is 19.2. The SMILES string of the molecule is CCCCNc1cc(C(=S)CN)cc(S(N)(=O)=O)c1Oc1ccccc1. The number of nitrogens with one attached hydrogen (secondary N) is 1. The number of hydrogen-bond acceptors (Lipinski definition) is 6. The highest BCUT2D eigenvalue weighted by atomic mass is 32.2. The lowest BCUT2D eigenvalue weighted by atomic mass is 10.1. The Morgan fingerprint density at radius 3 is 2.50 bits per heavy atom. The summed E-state index contributed by atoms with van der Waals surface area (Å²) in [7, 11) is -4.04. The first kappa shape index (κ1) is 20.3. The van der Waals surface area contributed by atoms with Crippen LogP contribution in [0, 0.1) is 0 Å². The van der Waals surface area contributed by atoms with Crippen molar-refractivity contribution in [1.82, 2.24) is 0 Å². The van der Waals surface area contributed by atoms with Crippen molar-refractivity contribution < 1.29 is 13.2 Å². The predicted octanol–water partition coefficient (Wildman–Crippen LogP) is 3.02. The van der Waals surface area contributed by atoms with E-state index in [2.05, 4.69) is 12.2 Å². The number of ether oxygens (including phenoxy) is 1. The van der Waals surface area contributed by atoms with Crippen molar-refractivity contribution in [2.24, 2.45) is 10.9 Å². The maximum Gasteiger partial charge on any atom is 0.241 e. The van der Waals surface area contributed by atoms with Crippen LogP contribution in [0.5, 0.6) is 11.5 Å². The molecule has 0 saturated heterocycles. The second-order valence-electron chi connectivity index (χ2n) is 5.72. The summed E-state index contributed by atoms with van der Waals surface area (Å²) in [6.45, 7) is 2.86. The van der Waals surface area contributed by atoms with Gasteiger partial charge in [-0.25, -0.2) is 13.6 Å². The number of primary sulfonamides is 1. The first-order chi connectivity index (χ1) is 12.4. The minimum atomic E-state index is -4.04. The van der Waals surface area contributed by atoms with Crippen molar-refractivity contribution in [1.29, 1.82) is 0 Å². The molecule has 6 nitrogen and oxygen atoms in total. The summed E-state index contributed by atoms with van der Waals surface area (Å²) < 4.78 is 30.2. The quantitative estimate of drug-likeness (QED) is 0.343. The third-order valence-electron chi connectivity index (χ3n) is 3.68. The van der Waals surface area contributed by atoms with E-state index < -0.39 is 10.0 Å². The molecule has 5 N–H and O–H groups in total. The van der Waals surface area contributed by atoms with Crippen LogP contribution in [0.15, 0.2) is 47.4 Å². The molecule has 0 radical (unpaired) electrons. The van der Waals surface area contributed by atoms with Gasteiger partial charge in [0.05, 0.1) is 5.69 Å². The van der Waals surface area contributed by atoms with Crippen LogP contribution in [0.1, 0.15) is 25.3 Å². The van der Waals surface area contributed by atoms with E-state index in [1.54, 1.807) is 30.3 Å². The molecule has 0 unspecified atom stereocenters. The number of sulfonamides is 1. The summed E-state index contributed by atoms with van der Waals surface area (Å²) in [4.78, 5) is 0.313. The Hall–Kier alpha value is -2.00. The Kier molecular flexibility index (Phi) is 7.10. The van der Waals surface area contributed by atoms with Crippen LogP contribution in [0.2, 0.25) is 0 Å². The molecule has 8 heteroatoms. The molecule has 0 spiro atoms. The van der Waals surface area contributed by atoms with Gasteiger partial charge in [0.25, 0.3) is 0 Å². The fourth-order valence-corrected chi connectivity index (χ4v) is 3.15. The van der Waals surface area contributed by atoms with Crippen LogP contribution >= 0.6 is 12.2 Å². The van der Waals surface area contributed by atoms with E-state index in [-0.39, 0.29) is 17.2 Å². The lowest BCUT2D eigenvalue weighted by molar-refractivity contribution is 0.469. The van der Waals surface area contributed by atoms with Crippen LogP contribution in [0.3, 0.4) is 0 Å². The lowest BCUT2D eigenvalue weighted by Gasteiger charge is -2.18. The molecule has 0 aliphatic carbocycles. The highest BCUT2D eigenvalue weighted by molar-refractivity contribution is 7.89. The molecular weight excluding hydrogens is 370 g/mol. The Balaban J connectivity index is 2.60. The smallest absolute Gasteiger partial charge is 0.241 e. The molecule has 0 heterocycles. The number of thiocarbonyl (C=S) groups is 1. The van der Waals surface area contributed by atoms with Crippen LogP contribution < -0.4 is 20.9 Å². The Morgan fingerprint density at radius 2 is 1.92 bits per heavy atom. The number of benzene rings is 2. The van der Waals surface area contributed by atoms with E-state index in [0.29, 0.717) is 28.4 Å². The zero-order valence-electron chi connectivity index (χ0n) is 14.6. The fraction of sp³-hybridized carbons (Fsp3) is 0.278. The second-order valence-corrected chi connectivity index (χ2v) is 7.74. The summed E-state index contributed by atoms with van der Waals surface area (Å²) in [5.41, 5.74) is 6.67. The molecule has 0 amide bonds. The third-order valence-corrected chi connectivity index (χ3v) is 5.00. The van der Waals surface area contributed by atoms with E-state index >= 15 is 0 Å². The minimum Gasteiger partial charge on any atom is -0.454 e. The summed E-state index contributed by atoms with van der Waals surface area (Å²) in [6.07, 6.45) is 1.91. The molecular formula is C18H23N3O3S2. The number of anilines is 1. The maximum absolute atomic E-state index is 12.2. The van der Waals surface area contributed by atoms with Crippen molar-refractivity contribution in [2.75, 3.05) is 18.4 Å². The van der Waals surface area contributed by atoms with E-state index in [9.17, 15) is 8.42 Å². The van der Waals surface area contributed by atoms with Gasteiger partial charge in [0, 0.05) is 18.0 Å². The molecule has 0 atom stereocenters. The van der Waals surface area contributed by atoms with Gasteiger partial charge < -0.3 is 15.8 Å². The topological polar surface area (TPSA) is 107 Å². The number of unbranched alkanes of at least 4 members (excludes halogenated alkanes) is 1. The Morgan fingerprint density at radius 1 is 1.23 bits per heavy atom. The highest BCUT2D eigenvalue weighted by Gasteiger charge is 2.22. The molecule has 26 heavy (non-hydrogen) atoms. The monoisotopic (exact) mass is 393 g/mol. The van der Waals surface area contributed by atoms with Gasteiger partial charge in [-0.05, 0) is 36.2 Å². The fourth-order valence-electron chi connectivity index (χ4n) is 2.34. The third kappa shape index (κ3) is 5.25. The molecule has 2 rings (SSSR count).